The van der Waals surface area contributed by atoms with Crippen LogP contribution >= 0.6 is 11.6 Å². The number of amides is 1. The van der Waals surface area contributed by atoms with Crippen LogP contribution in [0.1, 0.15) is 18.9 Å². The molecule has 1 aliphatic rings. The summed E-state index contributed by atoms with van der Waals surface area (Å²) in [5, 5.41) is 8.91. The lowest BCUT2D eigenvalue weighted by atomic mass is 10.00. The van der Waals surface area contributed by atoms with Crippen LogP contribution in [-0.4, -0.2) is 39.5 Å². The number of nitrogens with zero attached hydrogens (tertiary/aromatic N) is 1. The van der Waals surface area contributed by atoms with E-state index in [1.807, 2.05) is 30.3 Å². The molecule has 2 rings (SSSR count). The highest BCUT2D eigenvalue weighted by Gasteiger charge is 2.50. The first-order valence-electron chi connectivity index (χ1n) is 6.29. The highest BCUT2D eigenvalue weighted by Crippen LogP contribution is 2.33. The summed E-state index contributed by atoms with van der Waals surface area (Å²) in [6.45, 7) is 1.78. The van der Waals surface area contributed by atoms with Gasteiger partial charge in [-0.1, -0.05) is 30.3 Å². The van der Waals surface area contributed by atoms with Gasteiger partial charge in [0.2, 0.25) is 0 Å². The van der Waals surface area contributed by atoms with Gasteiger partial charge in [0, 0.05) is 6.54 Å². The van der Waals surface area contributed by atoms with E-state index >= 15 is 0 Å². The van der Waals surface area contributed by atoms with Crippen LogP contribution in [0.5, 0.6) is 0 Å². The molecule has 5 nitrogen and oxygen atoms in total. The molecule has 1 aliphatic heterocycles. The molecule has 1 fully saturated rings. The molecule has 6 heteroatoms. The standard InChI is InChI=1S/C14H16ClNO4/c1-14(12(17)18)7-11(15)8-16(14)13(19)20-9-10-5-3-2-4-6-10/h2-6,11H,7-9H2,1H3,(H,17,18). The normalized spacial score (nSPS) is 25.5. The van der Waals surface area contributed by atoms with Crippen molar-refractivity contribution in [3.63, 3.8) is 0 Å². The summed E-state index contributed by atoms with van der Waals surface area (Å²) in [5.41, 5.74) is -0.459. The summed E-state index contributed by atoms with van der Waals surface area (Å²) in [6.07, 6.45) is -0.438. The lowest BCUT2D eigenvalue weighted by Crippen LogP contribution is -2.50. The summed E-state index contributed by atoms with van der Waals surface area (Å²) >= 11 is 5.98. The van der Waals surface area contributed by atoms with E-state index in [2.05, 4.69) is 0 Å². The van der Waals surface area contributed by atoms with Gasteiger partial charge >= 0.3 is 12.1 Å². The molecule has 1 amide bonds. The number of halogens is 1. The number of carbonyl (C=O) groups excluding carboxylic acids is 1. The summed E-state index contributed by atoms with van der Waals surface area (Å²) in [6, 6.07) is 9.21. The van der Waals surface area contributed by atoms with E-state index in [1.54, 1.807) is 0 Å². The Hall–Kier alpha value is -1.75. The molecule has 1 N–H and O–H groups in total. The largest absolute Gasteiger partial charge is 0.480 e. The molecule has 20 heavy (non-hydrogen) atoms. The first-order chi connectivity index (χ1) is 9.43. The quantitative estimate of drug-likeness (QED) is 0.870. The smallest absolute Gasteiger partial charge is 0.411 e. The predicted molar refractivity (Wildman–Crippen MR) is 73.6 cm³/mol. The molecule has 0 bridgehead atoms. The minimum atomic E-state index is -1.31. The lowest BCUT2D eigenvalue weighted by molar-refractivity contribution is -0.147. The van der Waals surface area contributed by atoms with Gasteiger partial charge in [-0.2, -0.15) is 0 Å². The number of benzene rings is 1. The molecule has 1 aromatic rings. The van der Waals surface area contributed by atoms with Gasteiger partial charge in [-0.25, -0.2) is 9.59 Å². The van der Waals surface area contributed by atoms with Crippen molar-refractivity contribution in [3.8, 4) is 0 Å². The minimum absolute atomic E-state index is 0.110. The molecule has 1 saturated heterocycles. The van der Waals surface area contributed by atoms with Crippen LogP contribution in [0.2, 0.25) is 0 Å². The SMILES string of the molecule is CC1(C(=O)O)CC(Cl)CN1C(=O)OCc1ccccc1. The third-order valence-electron chi connectivity index (χ3n) is 3.48. The zero-order valence-electron chi connectivity index (χ0n) is 11.1. The van der Waals surface area contributed by atoms with Crippen LogP contribution in [0.15, 0.2) is 30.3 Å². The van der Waals surface area contributed by atoms with E-state index in [4.69, 9.17) is 16.3 Å². The number of carboxylic acid groups (broad SMARTS) is 1. The van der Waals surface area contributed by atoms with Gasteiger partial charge in [0.1, 0.15) is 12.1 Å². The molecular formula is C14H16ClNO4. The minimum Gasteiger partial charge on any atom is -0.480 e. The average Bonchev–Trinajstić information content (AvgIpc) is 2.74. The molecule has 0 radical (unpaired) electrons. The van der Waals surface area contributed by atoms with Crippen molar-refractivity contribution in [2.24, 2.45) is 0 Å². The topological polar surface area (TPSA) is 66.8 Å². The zero-order chi connectivity index (χ0) is 14.8. The van der Waals surface area contributed by atoms with E-state index in [0.717, 1.165) is 5.56 Å². The van der Waals surface area contributed by atoms with Gasteiger partial charge in [-0.15, -0.1) is 11.6 Å². The lowest BCUT2D eigenvalue weighted by Gasteiger charge is -2.29. The van der Waals surface area contributed by atoms with Crippen molar-refractivity contribution in [3.05, 3.63) is 35.9 Å². The molecule has 0 aliphatic carbocycles. The predicted octanol–water partition coefficient (Wildman–Crippen LogP) is 2.48. The van der Waals surface area contributed by atoms with Crippen molar-refractivity contribution in [1.29, 1.82) is 0 Å². The van der Waals surface area contributed by atoms with Crippen molar-refractivity contribution in [1.82, 2.24) is 4.90 Å². The van der Waals surface area contributed by atoms with Gasteiger partial charge in [0.15, 0.2) is 0 Å². The van der Waals surface area contributed by atoms with Crippen LogP contribution in [-0.2, 0) is 16.1 Å². The molecule has 0 saturated carbocycles. The van der Waals surface area contributed by atoms with Crippen molar-refractivity contribution in [2.45, 2.75) is 30.9 Å². The van der Waals surface area contributed by atoms with Gasteiger partial charge in [0.05, 0.1) is 5.38 Å². The highest BCUT2D eigenvalue weighted by atomic mass is 35.5. The first-order valence-corrected chi connectivity index (χ1v) is 6.73. The molecule has 0 spiro atoms. The molecule has 2 atom stereocenters. The van der Waals surface area contributed by atoms with E-state index in [9.17, 15) is 14.7 Å². The van der Waals surface area contributed by atoms with Crippen LogP contribution in [0.25, 0.3) is 0 Å². The summed E-state index contributed by atoms with van der Waals surface area (Å²) < 4.78 is 5.17. The van der Waals surface area contributed by atoms with Gasteiger partial charge in [-0.05, 0) is 18.9 Å². The Kier molecular flexibility index (Phi) is 4.18. The number of carboxylic acids is 1. The highest BCUT2D eigenvalue weighted by molar-refractivity contribution is 6.21. The number of hydrogen-bond acceptors (Lipinski definition) is 3. The Bertz CT molecular complexity index is 507. The Balaban J connectivity index is 2.03. The van der Waals surface area contributed by atoms with Gasteiger partial charge in [0.25, 0.3) is 0 Å². The third kappa shape index (κ3) is 2.88. The van der Waals surface area contributed by atoms with Crippen molar-refractivity contribution >= 4 is 23.7 Å². The van der Waals surface area contributed by atoms with Crippen molar-refractivity contribution in [2.75, 3.05) is 6.54 Å². The average molecular weight is 298 g/mol. The summed E-state index contributed by atoms with van der Waals surface area (Å²) in [5.74, 6) is -1.07. The number of aliphatic carboxylic acids is 1. The van der Waals surface area contributed by atoms with Crippen LogP contribution in [0.3, 0.4) is 0 Å². The fraction of sp³-hybridized carbons (Fsp3) is 0.429. The van der Waals surface area contributed by atoms with Crippen molar-refractivity contribution < 1.29 is 19.4 Å². The van der Waals surface area contributed by atoms with E-state index in [-0.39, 0.29) is 24.9 Å². The molecule has 2 unspecified atom stereocenters. The number of alkyl halides is 1. The summed E-state index contributed by atoms with van der Waals surface area (Å²) in [7, 11) is 0. The molecular weight excluding hydrogens is 282 g/mol. The van der Waals surface area contributed by atoms with Crippen LogP contribution in [0.4, 0.5) is 4.79 Å². The number of likely N-dealkylation sites (tertiary alicyclic amines) is 1. The maximum absolute atomic E-state index is 12.1. The molecule has 108 valence electrons. The monoisotopic (exact) mass is 297 g/mol. The second kappa shape index (κ2) is 5.71. The molecule has 0 aromatic heterocycles. The third-order valence-corrected chi connectivity index (χ3v) is 3.77. The Morgan fingerprint density at radius 1 is 1.45 bits per heavy atom. The number of rotatable bonds is 3. The second-order valence-corrected chi connectivity index (χ2v) is 5.65. The summed E-state index contributed by atoms with van der Waals surface area (Å²) in [4.78, 5) is 24.6. The Morgan fingerprint density at radius 3 is 2.70 bits per heavy atom. The fourth-order valence-corrected chi connectivity index (χ4v) is 2.72. The first kappa shape index (κ1) is 14.7. The maximum atomic E-state index is 12.1. The number of hydrogen-bond donors (Lipinski definition) is 1. The fourth-order valence-electron chi connectivity index (χ4n) is 2.28. The van der Waals surface area contributed by atoms with Crippen LogP contribution in [0, 0.1) is 0 Å². The van der Waals surface area contributed by atoms with Gasteiger partial charge in [-0.3, -0.25) is 4.90 Å². The van der Waals surface area contributed by atoms with Gasteiger partial charge < -0.3 is 9.84 Å². The molecule has 1 aromatic carbocycles. The Morgan fingerprint density at radius 2 is 2.10 bits per heavy atom. The number of ether oxygens (including phenoxy) is 1. The zero-order valence-corrected chi connectivity index (χ0v) is 11.8. The van der Waals surface area contributed by atoms with Crippen LogP contribution < -0.4 is 0 Å². The maximum Gasteiger partial charge on any atom is 0.411 e. The number of carbonyl (C=O) groups is 2. The Labute approximate surface area is 122 Å². The second-order valence-electron chi connectivity index (χ2n) is 5.03. The van der Waals surface area contributed by atoms with E-state index < -0.39 is 17.6 Å². The molecule has 1 heterocycles. The van der Waals surface area contributed by atoms with E-state index in [0.29, 0.717) is 0 Å². The van der Waals surface area contributed by atoms with E-state index in [1.165, 1.54) is 11.8 Å².